The van der Waals surface area contributed by atoms with Crippen LogP contribution in [0.3, 0.4) is 0 Å². The molecule has 0 saturated heterocycles. The second kappa shape index (κ2) is 8.22. The van der Waals surface area contributed by atoms with Crippen molar-refractivity contribution in [1.29, 1.82) is 0 Å². The van der Waals surface area contributed by atoms with Crippen LogP contribution in [0.5, 0.6) is 0 Å². The molecule has 140 valence electrons. The molecule has 3 rings (SSSR count). The smallest absolute Gasteiger partial charge is 0.141 e. The first kappa shape index (κ1) is 19.6. The van der Waals surface area contributed by atoms with Gasteiger partial charge in [0.15, 0.2) is 0 Å². The Morgan fingerprint density at radius 1 is 1.27 bits per heavy atom. The van der Waals surface area contributed by atoms with Crippen LogP contribution in [-0.4, -0.2) is 29.4 Å². The van der Waals surface area contributed by atoms with Gasteiger partial charge in [0, 0.05) is 17.6 Å². The van der Waals surface area contributed by atoms with Gasteiger partial charge < -0.3 is 9.84 Å². The summed E-state index contributed by atoms with van der Waals surface area (Å²) in [5.41, 5.74) is 1.84. The molecular formula is C20H22Cl2FNO2. The summed E-state index contributed by atoms with van der Waals surface area (Å²) < 4.78 is 19.3. The number of benzene rings is 1. The highest BCUT2D eigenvalue weighted by Gasteiger charge is 2.46. The second-order valence-corrected chi connectivity index (χ2v) is 7.68. The van der Waals surface area contributed by atoms with E-state index in [1.54, 1.807) is 12.1 Å². The van der Waals surface area contributed by atoms with Crippen molar-refractivity contribution in [3.63, 3.8) is 0 Å². The maximum Gasteiger partial charge on any atom is 0.141 e. The number of unbranched alkanes of at least 4 members (excludes halogenated alkanes) is 1. The van der Waals surface area contributed by atoms with Crippen LogP contribution < -0.4 is 0 Å². The number of halogens is 3. The Morgan fingerprint density at radius 2 is 2.04 bits per heavy atom. The van der Waals surface area contributed by atoms with E-state index in [2.05, 4.69) is 11.9 Å². The van der Waals surface area contributed by atoms with Gasteiger partial charge in [-0.05, 0) is 55.2 Å². The molecule has 1 aromatic heterocycles. The standard InChI is InChI=1S/C20H22Cl2FNO2/c1-2-3-6-26-15-10-20(11-15,12-25)14-8-18(24-19(22)9-14)13-4-5-17(23)16(21)7-13/h4-5,7-9,15,25H,2-3,6,10-12H2,1H3. The number of hydrogen-bond acceptors (Lipinski definition) is 3. The number of rotatable bonds is 7. The highest BCUT2D eigenvalue weighted by molar-refractivity contribution is 6.31. The average molecular weight is 398 g/mol. The molecule has 6 heteroatoms. The molecule has 1 aromatic carbocycles. The minimum Gasteiger partial charge on any atom is -0.395 e. The fourth-order valence-corrected chi connectivity index (χ4v) is 3.78. The van der Waals surface area contributed by atoms with E-state index < -0.39 is 5.82 Å². The van der Waals surface area contributed by atoms with Crippen molar-refractivity contribution in [3.05, 3.63) is 51.9 Å². The second-order valence-electron chi connectivity index (χ2n) is 6.89. The van der Waals surface area contributed by atoms with Crippen molar-refractivity contribution in [3.8, 4) is 11.3 Å². The van der Waals surface area contributed by atoms with Gasteiger partial charge in [-0.2, -0.15) is 0 Å². The zero-order chi connectivity index (χ0) is 18.7. The third-order valence-corrected chi connectivity index (χ3v) is 5.50. The summed E-state index contributed by atoms with van der Waals surface area (Å²) >= 11 is 12.1. The van der Waals surface area contributed by atoms with Gasteiger partial charge >= 0.3 is 0 Å². The van der Waals surface area contributed by atoms with Crippen LogP contribution in [0.1, 0.15) is 38.2 Å². The zero-order valence-electron chi connectivity index (χ0n) is 14.6. The highest BCUT2D eigenvalue weighted by atomic mass is 35.5. The van der Waals surface area contributed by atoms with Crippen molar-refractivity contribution in [2.75, 3.05) is 13.2 Å². The van der Waals surface area contributed by atoms with Gasteiger partial charge in [-0.25, -0.2) is 9.37 Å². The van der Waals surface area contributed by atoms with Crippen LogP contribution in [0.15, 0.2) is 30.3 Å². The molecule has 0 bridgehead atoms. The third-order valence-electron chi connectivity index (χ3n) is 5.01. The maximum absolute atomic E-state index is 13.4. The topological polar surface area (TPSA) is 42.4 Å². The molecule has 3 nitrogen and oxygen atoms in total. The Labute approximate surface area is 163 Å². The molecule has 0 atom stereocenters. The van der Waals surface area contributed by atoms with E-state index in [9.17, 15) is 9.50 Å². The Kier molecular flexibility index (Phi) is 6.18. The summed E-state index contributed by atoms with van der Waals surface area (Å²) in [4.78, 5) is 4.33. The summed E-state index contributed by atoms with van der Waals surface area (Å²) in [7, 11) is 0. The van der Waals surface area contributed by atoms with Crippen LogP contribution in [0.25, 0.3) is 11.3 Å². The van der Waals surface area contributed by atoms with E-state index in [1.807, 2.05) is 6.07 Å². The molecule has 0 aliphatic heterocycles. The number of hydrogen-bond donors (Lipinski definition) is 1. The minimum absolute atomic E-state index is 0.0184. The minimum atomic E-state index is -0.476. The fourth-order valence-electron chi connectivity index (χ4n) is 3.39. The van der Waals surface area contributed by atoms with Crippen LogP contribution in [-0.2, 0) is 10.2 Å². The lowest BCUT2D eigenvalue weighted by atomic mass is 9.63. The summed E-state index contributed by atoms with van der Waals surface area (Å²) in [6, 6.07) is 8.14. The molecule has 0 spiro atoms. The van der Waals surface area contributed by atoms with E-state index >= 15 is 0 Å². The summed E-state index contributed by atoms with van der Waals surface area (Å²) in [6.45, 7) is 2.90. The lowest BCUT2D eigenvalue weighted by Crippen LogP contribution is -2.48. The van der Waals surface area contributed by atoms with E-state index in [0.717, 1.165) is 37.9 Å². The Bertz CT molecular complexity index is 778. The van der Waals surface area contributed by atoms with Crippen molar-refractivity contribution in [2.45, 2.75) is 44.1 Å². The molecule has 2 aromatic rings. The third kappa shape index (κ3) is 4.04. The number of ether oxygens (including phenoxy) is 1. The van der Waals surface area contributed by atoms with Crippen LogP contribution in [0.4, 0.5) is 4.39 Å². The molecule has 0 amide bonds. The number of aliphatic hydroxyl groups excluding tert-OH is 1. The van der Waals surface area contributed by atoms with E-state index in [0.29, 0.717) is 16.4 Å². The zero-order valence-corrected chi connectivity index (χ0v) is 16.2. The normalized spacial score (nSPS) is 22.3. The molecule has 1 aliphatic carbocycles. The van der Waals surface area contributed by atoms with E-state index in [1.165, 1.54) is 12.1 Å². The Morgan fingerprint density at radius 3 is 2.69 bits per heavy atom. The van der Waals surface area contributed by atoms with Crippen molar-refractivity contribution in [1.82, 2.24) is 4.98 Å². The highest BCUT2D eigenvalue weighted by Crippen LogP contribution is 2.46. The fraction of sp³-hybridized carbons (Fsp3) is 0.450. The molecule has 26 heavy (non-hydrogen) atoms. The molecule has 1 N–H and O–H groups in total. The SMILES string of the molecule is CCCCOC1CC(CO)(c2cc(Cl)nc(-c3ccc(F)c(Cl)c3)c2)C1. The van der Waals surface area contributed by atoms with Gasteiger partial charge in [0.25, 0.3) is 0 Å². The molecule has 0 unspecified atom stereocenters. The Balaban J connectivity index is 1.84. The number of aromatic nitrogens is 1. The van der Waals surface area contributed by atoms with E-state index in [-0.39, 0.29) is 23.1 Å². The van der Waals surface area contributed by atoms with Gasteiger partial charge in [0.05, 0.1) is 23.4 Å². The molecule has 1 fully saturated rings. The van der Waals surface area contributed by atoms with Gasteiger partial charge in [-0.1, -0.05) is 36.5 Å². The van der Waals surface area contributed by atoms with E-state index in [4.69, 9.17) is 27.9 Å². The molecule has 1 saturated carbocycles. The predicted molar refractivity (Wildman–Crippen MR) is 102 cm³/mol. The first-order chi connectivity index (χ1) is 12.5. The maximum atomic E-state index is 13.4. The lowest BCUT2D eigenvalue weighted by Gasteiger charge is -2.46. The molecule has 1 heterocycles. The predicted octanol–water partition coefficient (Wildman–Crippen LogP) is 5.40. The summed E-state index contributed by atoms with van der Waals surface area (Å²) in [5, 5.41) is 10.4. The molecule has 0 radical (unpaired) electrons. The first-order valence-electron chi connectivity index (χ1n) is 8.83. The molecular weight excluding hydrogens is 376 g/mol. The number of pyridine rings is 1. The first-order valence-corrected chi connectivity index (χ1v) is 9.59. The van der Waals surface area contributed by atoms with Crippen molar-refractivity contribution < 1.29 is 14.2 Å². The van der Waals surface area contributed by atoms with Gasteiger partial charge in [-0.3, -0.25) is 0 Å². The summed E-state index contributed by atoms with van der Waals surface area (Å²) in [6.07, 6.45) is 3.79. The molecule has 1 aliphatic rings. The van der Waals surface area contributed by atoms with Gasteiger partial charge in [0.2, 0.25) is 0 Å². The number of aliphatic hydroxyl groups is 1. The number of nitrogens with zero attached hydrogens (tertiary/aromatic N) is 1. The van der Waals surface area contributed by atoms with Crippen LogP contribution >= 0.6 is 23.2 Å². The Hall–Kier alpha value is -1.20. The largest absolute Gasteiger partial charge is 0.395 e. The van der Waals surface area contributed by atoms with Gasteiger partial charge in [0.1, 0.15) is 11.0 Å². The van der Waals surface area contributed by atoms with Crippen LogP contribution in [0.2, 0.25) is 10.2 Å². The van der Waals surface area contributed by atoms with Crippen LogP contribution in [0, 0.1) is 5.82 Å². The lowest BCUT2D eigenvalue weighted by molar-refractivity contribution is -0.0639. The summed E-state index contributed by atoms with van der Waals surface area (Å²) in [5.74, 6) is -0.476. The van der Waals surface area contributed by atoms with Crippen molar-refractivity contribution in [2.24, 2.45) is 0 Å². The van der Waals surface area contributed by atoms with Gasteiger partial charge in [-0.15, -0.1) is 0 Å². The monoisotopic (exact) mass is 397 g/mol. The average Bonchev–Trinajstić information content (AvgIpc) is 2.59. The quantitative estimate of drug-likeness (QED) is 0.501. The van der Waals surface area contributed by atoms with Crippen molar-refractivity contribution >= 4 is 23.2 Å².